The molecule has 0 spiro atoms. The molecule has 4 rings (SSSR count). The van der Waals surface area contributed by atoms with Gasteiger partial charge >= 0.3 is 6.03 Å². The molecule has 0 aliphatic heterocycles. The summed E-state index contributed by atoms with van der Waals surface area (Å²) in [5, 5.41) is 13.1. The third-order valence-electron chi connectivity index (χ3n) is 4.19. The summed E-state index contributed by atoms with van der Waals surface area (Å²) in [6.45, 7) is 0. The molecule has 158 valence electrons. The van der Waals surface area contributed by atoms with Crippen LogP contribution >= 0.6 is 11.3 Å². The largest absolute Gasteiger partial charge is 0.494 e. The summed E-state index contributed by atoms with van der Waals surface area (Å²) in [6.07, 6.45) is 1.19. The van der Waals surface area contributed by atoms with Gasteiger partial charge in [0.15, 0.2) is 5.13 Å². The molecule has 3 N–H and O–H groups in total. The minimum Gasteiger partial charge on any atom is -0.494 e. The predicted molar refractivity (Wildman–Crippen MR) is 113 cm³/mol. The number of carbonyl (C=O) groups excluding carboxylic acids is 1. The number of nitrogens with one attached hydrogen (secondary N) is 2. The van der Waals surface area contributed by atoms with Crippen molar-refractivity contribution in [2.75, 3.05) is 5.32 Å². The highest BCUT2D eigenvalue weighted by molar-refractivity contribution is 7.92. The van der Waals surface area contributed by atoms with E-state index in [-0.39, 0.29) is 21.6 Å². The van der Waals surface area contributed by atoms with Gasteiger partial charge in [-0.1, -0.05) is 29.5 Å². The number of amides is 2. The number of benzene rings is 1. The van der Waals surface area contributed by atoms with Crippen molar-refractivity contribution in [3.63, 3.8) is 0 Å². The maximum absolute atomic E-state index is 13.0. The number of nitrogens with zero attached hydrogens (tertiary/aromatic N) is 2. The highest BCUT2D eigenvalue weighted by Crippen LogP contribution is 2.24. The zero-order valence-corrected chi connectivity index (χ0v) is 17.1. The minimum atomic E-state index is -4.22. The van der Waals surface area contributed by atoms with Gasteiger partial charge < -0.3 is 10.4 Å². The Morgan fingerprint density at radius 2 is 1.90 bits per heavy atom. The molecule has 9 nitrogen and oxygen atoms in total. The van der Waals surface area contributed by atoms with Gasteiger partial charge in [0, 0.05) is 11.5 Å². The Balaban J connectivity index is 1.55. The molecule has 0 aliphatic carbocycles. The summed E-state index contributed by atoms with van der Waals surface area (Å²) in [4.78, 5) is 28.5. The molecule has 0 fully saturated rings. The molecule has 2 amide bonds. The number of aromatic nitrogens is 2. The second-order valence-corrected chi connectivity index (χ2v) is 9.20. The van der Waals surface area contributed by atoms with Crippen molar-refractivity contribution in [1.82, 2.24) is 14.3 Å². The highest BCUT2D eigenvalue weighted by atomic mass is 32.2. The van der Waals surface area contributed by atoms with E-state index in [0.717, 1.165) is 16.7 Å². The van der Waals surface area contributed by atoms with Gasteiger partial charge in [-0.3, -0.25) is 4.79 Å². The van der Waals surface area contributed by atoms with Crippen LogP contribution in [0.25, 0.3) is 16.6 Å². The van der Waals surface area contributed by atoms with E-state index in [0.29, 0.717) is 22.1 Å². The van der Waals surface area contributed by atoms with Gasteiger partial charge in [0.05, 0.1) is 11.9 Å². The Hall–Kier alpha value is -3.77. The van der Waals surface area contributed by atoms with Crippen LogP contribution in [-0.4, -0.2) is 29.1 Å². The number of carbonyl (C=O) groups is 1. The first-order valence-electron chi connectivity index (χ1n) is 8.64. The van der Waals surface area contributed by atoms with Crippen molar-refractivity contribution in [2.24, 2.45) is 0 Å². The van der Waals surface area contributed by atoms with Crippen molar-refractivity contribution in [1.29, 1.82) is 0 Å². The zero-order valence-electron chi connectivity index (χ0n) is 15.4. The molecule has 4 aromatic rings. The van der Waals surface area contributed by atoms with Crippen LogP contribution in [0.4, 0.5) is 14.9 Å². The molecule has 1 aromatic carbocycles. The quantitative estimate of drug-likeness (QED) is 0.429. The van der Waals surface area contributed by atoms with Crippen LogP contribution in [0.15, 0.2) is 69.8 Å². The average Bonchev–Trinajstić information content (AvgIpc) is 3.16. The third kappa shape index (κ3) is 4.11. The lowest BCUT2D eigenvalue weighted by atomic mass is 10.1. The van der Waals surface area contributed by atoms with E-state index in [1.165, 1.54) is 24.4 Å². The number of pyridine rings is 2. The molecule has 31 heavy (non-hydrogen) atoms. The Morgan fingerprint density at radius 3 is 2.58 bits per heavy atom. The Bertz CT molecular complexity index is 1460. The molecule has 0 radical (unpaired) electrons. The van der Waals surface area contributed by atoms with Crippen LogP contribution in [-0.2, 0) is 10.0 Å². The number of aromatic hydroxyl groups is 1. The van der Waals surface area contributed by atoms with Gasteiger partial charge in [-0.2, -0.15) is 4.39 Å². The molecular weight excluding hydrogens is 447 g/mol. The van der Waals surface area contributed by atoms with Gasteiger partial charge in [0.1, 0.15) is 10.0 Å². The van der Waals surface area contributed by atoms with Crippen LogP contribution in [0.5, 0.6) is 5.88 Å². The molecule has 0 atom stereocenters. The average molecular weight is 460 g/mol. The van der Waals surface area contributed by atoms with E-state index in [1.54, 1.807) is 29.0 Å². The number of fused-ring (bicyclic) bond motifs is 1. The first-order chi connectivity index (χ1) is 14.7. The maximum atomic E-state index is 13.0. The highest BCUT2D eigenvalue weighted by Gasteiger charge is 2.20. The van der Waals surface area contributed by atoms with E-state index in [2.05, 4.69) is 10.3 Å². The maximum Gasteiger partial charge on any atom is 0.333 e. The SMILES string of the molecule is O=C(Nc1ccc(-n2c(O)c3ccccc3cc2=O)nc1)NS(=O)(=O)c1ccc(F)s1. The molecule has 0 aliphatic rings. The topological polar surface area (TPSA) is 130 Å². The fourth-order valence-corrected chi connectivity index (χ4v) is 4.74. The summed E-state index contributed by atoms with van der Waals surface area (Å²) >= 11 is 0.380. The Kier molecular flexibility index (Phi) is 5.17. The summed E-state index contributed by atoms with van der Waals surface area (Å²) in [5.74, 6) is -0.191. The van der Waals surface area contributed by atoms with E-state index in [1.807, 2.05) is 0 Å². The van der Waals surface area contributed by atoms with E-state index < -0.39 is 26.7 Å². The molecule has 0 unspecified atom stereocenters. The molecule has 0 bridgehead atoms. The number of urea groups is 1. The fraction of sp³-hybridized carbons (Fsp3) is 0. The molecule has 0 saturated heterocycles. The van der Waals surface area contributed by atoms with Crippen molar-refractivity contribution in [3.8, 4) is 11.7 Å². The van der Waals surface area contributed by atoms with Crippen molar-refractivity contribution in [3.05, 3.63) is 76.3 Å². The minimum absolute atomic E-state index is 0.0980. The Labute approximate surface area is 178 Å². The van der Waals surface area contributed by atoms with Crippen LogP contribution in [0.3, 0.4) is 0 Å². The van der Waals surface area contributed by atoms with Crippen molar-refractivity contribution < 1.29 is 22.7 Å². The number of halogens is 1. The smallest absolute Gasteiger partial charge is 0.333 e. The first-order valence-corrected chi connectivity index (χ1v) is 10.9. The van der Waals surface area contributed by atoms with Gasteiger partial charge in [0.2, 0.25) is 5.88 Å². The second-order valence-electron chi connectivity index (χ2n) is 6.25. The van der Waals surface area contributed by atoms with Crippen molar-refractivity contribution in [2.45, 2.75) is 4.21 Å². The molecule has 3 aromatic heterocycles. The van der Waals surface area contributed by atoms with Gasteiger partial charge in [0.25, 0.3) is 15.6 Å². The third-order valence-corrected chi connectivity index (χ3v) is 6.88. The van der Waals surface area contributed by atoms with Gasteiger partial charge in [-0.25, -0.2) is 27.5 Å². The lowest BCUT2D eigenvalue weighted by molar-refractivity contribution is 0.256. The van der Waals surface area contributed by atoms with Crippen LogP contribution < -0.4 is 15.6 Å². The molecule has 12 heteroatoms. The number of hydrogen-bond donors (Lipinski definition) is 3. The normalized spacial score (nSPS) is 11.4. The van der Waals surface area contributed by atoms with Crippen LogP contribution in [0.1, 0.15) is 0 Å². The van der Waals surface area contributed by atoms with Crippen LogP contribution in [0, 0.1) is 5.13 Å². The number of anilines is 1. The summed E-state index contributed by atoms with van der Waals surface area (Å²) in [6, 6.07) is 11.8. The van der Waals surface area contributed by atoms with Crippen LogP contribution in [0.2, 0.25) is 0 Å². The van der Waals surface area contributed by atoms with Gasteiger partial charge in [-0.05, 0) is 35.7 Å². The lowest BCUT2D eigenvalue weighted by Crippen LogP contribution is -2.34. The monoisotopic (exact) mass is 460 g/mol. The number of hydrogen-bond acceptors (Lipinski definition) is 7. The standard InChI is InChI=1S/C19H13FN4O5S2/c20-14-6-8-17(30-14)31(28,29)23-19(27)22-12-5-7-15(21-10-12)24-16(25)9-11-3-1-2-4-13(11)18(24)26/h1-10,26H,(H2,22,23,27). The predicted octanol–water partition coefficient (Wildman–Crippen LogP) is 2.80. The molecular formula is C19H13FN4O5S2. The van der Waals surface area contributed by atoms with E-state index in [4.69, 9.17) is 0 Å². The number of sulfonamides is 1. The summed E-state index contributed by atoms with van der Waals surface area (Å²) < 4.78 is 39.6. The first kappa shape index (κ1) is 20.5. The fourth-order valence-electron chi connectivity index (χ4n) is 2.83. The zero-order chi connectivity index (χ0) is 22.2. The van der Waals surface area contributed by atoms with Crippen molar-refractivity contribution >= 4 is 43.9 Å². The summed E-state index contributed by atoms with van der Waals surface area (Å²) in [7, 11) is -4.22. The number of rotatable bonds is 4. The molecule has 0 saturated carbocycles. The van der Waals surface area contributed by atoms with E-state index in [9.17, 15) is 27.5 Å². The summed E-state index contributed by atoms with van der Waals surface area (Å²) in [5.41, 5.74) is -0.376. The lowest BCUT2D eigenvalue weighted by Gasteiger charge is -2.11. The Morgan fingerprint density at radius 1 is 1.13 bits per heavy atom. The number of thiophene rings is 1. The molecule has 3 heterocycles. The van der Waals surface area contributed by atoms with E-state index >= 15 is 0 Å². The van der Waals surface area contributed by atoms with Gasteiger partial charge in [-0.15, -0.1) is 0 Å². The second kappa shape index (κ2) is 7.81.